The van der Waals surface area contributed by atoms with Crippen LogP contribution in [0.5, 0.6) is 0 Å². The Bertz CT molecular complexity index is 953. The summed E-state index contributed by atoms with van der Waals surface area (Å²) in [6.45, 7) is 1.93. The van der Waals surface area contributed by atoms with E-state index in [1.54, 1.807) is 0 Å². The van der Waals surface area contributed by atoms with E-state index >= 15 is 0 Å². The smallest absolute Gasteiger partial charge is 0.191 e. The SMILES string of the molecule is Cc1nnc(SCC(=O)C(C#N)=C2N(C)c3ccccc3N2C)n1C1CC1. The van der Waals surface area contributed by atoms with Crippen molar-refractivity contribution in [3.63, 3.8) is 0 Å². The third-order valence-electron chi connectivity index (χ3n) is 4.93. The van der Waals surface area contributed by atoms with Gasteiger partial charge in [0.15, 0.2) is 10.9 Å². The fraction of sp³-hybridized carbons (Fsp3) is 0.368. The van der Waals surface area contributed by atoms with Gasteiger partial charge >= 0.3 is 0 Å². The van der Waals surface area contributed by atoms with Gasteiger partial charge in [-0.25, -0.2) is 0 Å². The van der Waals surface area contributed by atoms with Crippen LogP contribution in [0, 0.1) is 18.3 Å². The molecule has 0 bridgehead atoms. The van der Waals surface area contributed by atoms with Crippen molar-refractivity contribution >= 4 is 28.9 Å². The Labute approximate surface area is 162 Å². The molecule has 1 aliphatic heterocycles. The number of hydrogen-bond donors (Lipinski definition) is 0. The van der Waals surface area contributed by atoms with Crippen molar-refractivity contribution in [1.29, 1.82) is 5.26 Å². The first-order chi connectivity index (χ1) is 13.0. The molecule has 2 heterocycles. The van der Waals surface area contributed by atoms with Crippen LogP contribution < -0.4 is 9.80 Å². The standard InChI is InChI=1S/C19H20N6OS/c1-12-21-22-19(25(12)13-8-9-13)27-11-17(26)14(10-20)18-23(2)15-6-4-5-7-16(15)24(18)3/h4-7,13H,8-9,11H2,1-3H3. The molecule has 1 aliphatic carbocycles. The Hall–Kier alpha value is -2.79. The number of carbonyl (C=O) groups excluding carboxylic acids is 1. The van der Waals surface area contributed by atoms with Gasteiger partial charge in [0.25, 0.3) is 0 Å². The number of Topliss-reactive ketones (excluding diaryl/α,β-unsaturated/α-hetero) is 1. The van der Waals surface area contributed by atoms with Gasteiger partial charge in [0.2, 0.25) is 0 Å². The third kappa shape index (κ3) is 2.98. The van der Waals surface area contributed by atoms with Gasteiger partial charge in [0, 0.05) is 20.1 Å². The van der Waals surface area contributed by atoms with Gasteiger partial charge in [-0.15, -0.1) is 10.2 Å². The highest BCUT2D eigenvalue weighted by atomic mass is 32.2. The Morgan fingerprint density at radius 2 is 1.85 bits per heavy atom. The van der Waals surface area contributed by atoms with E-state index < -0.39 is 0 Å². The number of carbonyl (C=O) groups is 1. The Morgan fingerprint density at radius 1 is 1.22 bits per heavy atom. The van der Waals surface area contributed by atoms with Crippen molar-refractivity contribution in [2.75, 3.05) is 29.6 Å². The van der Waals surface area contributed by atoms with E-state index in [4.69, 9.17) is 0 Å². The first kappa shape index (κ1) is 17.6. The lowest BCUT2D eigenvalue weighted by atomic mass is 10.2. The van der Waals surface area contributed by atoms with Crippen LogP contribution in [0.2, 0.25) is 0 Å². The van der Waals surface area contributed by atoms with Crippen molar-refractivity contribution in [2.24, 2.45) is 0 Å². The summed E-state index contributed by atoms with van der Waals surface area (Å²) < 4.78 is 2.10. The number of rotatable bonds is 5. The van der Waals surface area contributed by atoms with Crippen LogP contribution in [0.1, 0.15) is 24.7 Å². The molecule has 1 aromatic carbocycles. The molecule has 138 valence electrons. The predicted octanol–water partition coefficient (Wildman–Crippen LogP) is 2.90. The molecule has 8 heteroatoms. The van der Waals surface area contributed by atoms with Gasteiger partial charge < -0.3 is 14.4 Å². The van der Waals surface area contributed by atoms with Gasteiger partial charge in [0.05, 0.1) is 17.1 Å². The average molecular weight is 380 g/mol. The zero-order chi connectivity index (χ0) is 19.1. The number of benzene rings is 1. The van der Waals surface area contributed by atoms with Crippen LogP contribution in [0.25, 0.3) is 0 Å². The number of hydrogen-bond acceptors (Lipinski definition) is 7. The quantitative estimate of drug-likeness (QED) is 0.448. The summed E-state index contributed by atoms with van der Waals surface area (Å²) in [7, 11) is 3.75. The Kier molecular flexibility index (Phi) is 4.40. The lowest BCUT2D eigenvalue weighted by Gasteiger charge is -2.19. The van der Waals surface area contributed by atoms with Crippen molar-refractivity contribution in [2.45, 2.75) is 31.0 Å². The maximum atomic E-state index is 12.9. The molecule has 1 aromatic heterocycles. The number of nitrogens with zero attached hydrogens (tertiary/aromatic N) is 6. The van der Waals surface area contributed by atoms with Crippen molar-refractivity contribution < 1.29 is 4.79 Å². The van der Waals surface area contributed by atoms with Crippen LogP contribution >= 0.6 is 11.8 Å². The zero-order valence-electron chi connectivity index (χ0n) is 15.5. The number of aryl methyl sites for hydroxylation is 1. The third-order valence-corrected chi connectivity index (χ3v) is 5.88. The molecule has 0 spiro atoms. The number of fused-ring (bicyclic) bond motifs is 1. The molecule has 1 fully saturated rings. The van der Waals surface area contributed by atoms with Crippen LogP contribution in [0.4, 0.5) is 11.4 Å². The molecule has 0 radical (unpaired) electrons. The number of anilines is 2. The molecule has 0 saturated heterocycles. The van der Waals surface area contributed by atoms with E-state index in [2.05, 4.69) is 20.8 Å². The molecule has 2 aliphatic rings. The molecule has 1 saturated carbocycles. The Balaban J connectivity index is 1.58. The first-order valence-electron chi connectivity index (χ1n) is 8.81. The zero-order valence-corrected chi connectivity index (χ0v) is 16.3. The number of nitriles is 1. The number of aromatic nitrogens is 3. The monoisotopic (exact) mass is 380 g/mol. The highest BCUT2D eigenvalue weighted by Gasteiger charge is 2.32. The van der Waals surface area contributed by atoms with Crippen LogP contribution in [-0.2, 0) is 4.79 Å². The first-order valence-corrected chi connectivity index (χ1v) is 9.80. The van der Waals surface area contributed by atoms with E-state index in [0.29, 0.717) is 11.9 Å². The summed E-state index contributed by atoms with van der Waals surface area (Å²) in [6, 6.07) is 10.4. The summed E-state index contributed by atoms with van der Waals surface area (Å²) in [4.78, 5) is 16.7. The second-order valence-electron chi connectivity index (χ2n) is 6.76. The fourth-order valence-electron chi connectivity index (χ4n) is 3.46. The highest BCUT2D eigenvalue weighted by Crippen LogP contribution is 2.41. The minimum absolute atomic E-state index is 0.162. The lowest BCUT2D eigenvalue weighted by molar-refractivity contribution is -0.112. The second-order valence-corrected chi connectivity index (χ2v) is 7.70. The maximum Gasteiger partial charge on any atom is 0.191 e. The van der Waals surface area contributed by atoms with Crippen LogP contribution in [0.3, 0.4) is 0 Å². The number of para-hydroxylation sites is 2. The van der Waals surface area contributed by atoms with Gasteiger partial charge in [-0.05, 0) is 31.9 Å². The molecule has 7 nitrogen and oxygen atoms in total. The van der Waals surface area contributed by atoms with E-state index in [0.717, 1.165) is 35.2 Å². The molecular weight excluding hydrogens is 360 g/mol. The molecular formula is C19H20N6OS. The maximum absolute atomic E-state index is 12.9. The van der Waals surface area contributed by atoms with E-state index in [9.17, 15) is 10.1 Å². The van der Waals surface area contributed by atoms with Crippen LogP contribution in [0.15, 0.2) is 40.8 Å². The minimum atomic E-state index is -0.202. The highest BCUT2D eigenvalue weighted by molar-refractivity contribution is 7.99. The molecule has 2 aromatic rings. The van der Waals surface area contributed by atoms with Crippen molar-refractivity contribution in [3.8, 4) is 6.07 Å². The topological polar surface area (TPSA) is 78.0 Å². The van der Waals surface area contributed by atoms with Gasteiger partial charge in [-0.3, -0.25) is 4.79 Å². The largest absolute Gasteiger partial charge is 0.328 e. The van der Waals surface area contributed by atoms with Crippen LogP contribution in [-0.4, -0.2) is 40.4 Å². The summed E-state index contributed by atoms with van der Waals surface area (Å²) in [5.74, 6) is 1.45. The molecule has 0 N–H and O–H groups in total. The molecule has 0 amide bonds. The summed E-state index contributed by atoms with van der Waals surface area (Å²) in [6.07, 6.45) is 2.25. The van der Waals surface area contributed by atoms with E-state index in [1.807, 2.05) is 55.1 Å². The summed E-state index contributed by atoms with van der Waals surface area (Å²) in [5, 5.41) is 18.8. The van der Waals surface area contributed by atoms with Crippen molar-refractivity contribution in [3.05, 3.63) is 41.5 Å². The molecule has 27 heavy (non-hydrogen) atoms. The second kappa shape index (κ2) is 6.74. The summed E-state index contributed by atoms with van der Waals surface area (Å²) >= 11 is 1.35. The fourth-order valence-corrected chi connectivity index (χ4v) is 4.38. The van der Waals surface area contributed by atoms with Gasteiger partial charge in [-0.1, -0.05) is 23.9 Å². The molecule has 0 atom stereocenters. The lowest BCUT2D eigenvalue weighted by Crippen LogP contribution is -2.26. The van der Waals surface area contributed by atoms with Gasteiger partial charge in [-0.2, -0.15) is 5.26 Å². The Morgan fingerprint density at radius 3 is 2.41 bits per heavy atom. The minimum Gasteiger partial charge on any atom is -0.328 e. The normalized spacial score (nSPS) is 15.7. The molecule has 4 rings (SSSR count). The summed E-state index contributed by atoms with van der Waals surface area (Å²) in [5.41, 5.74) is 2.12. The van der Waals surface area contributed by atoms with E-state index in [-0.39, 0.29) is 17.1 Å². The number of thioether (sulfide) groups is 1. The predicted molar refractivity (Wildman–Crippen MR) is 105 cm³/mol. The average Bonchev–Trinajstić information content (AvgIpc) is 3.40. The van der Waals surface area contributed by atoms with E-state index in [1.165, 1.54) is 11.8 Å². The van der Waals surface area contributed by atoms with Gasteiger partial charge in [0.1, 0.15) is 23.3 Å². The number of allylic oxidation sites excluding steroid dienone is 1. The molecule has 0 unspecified atom stereocenters. The van der Waals surface area contributed by atoms with Crippen molar-refractivity contribution in [1.82, 2.24) is 14.8 Å². The number of ketones is 1.